The van der Waals surface area contributed by atoms with Gasteiger partial charge in [-0.2, -0.15) is 0 Å². The smallest absolute Gasteiger partial charge is 0.326 e. The van der Waals surface area contributed by atoms with E-state index in [9.17, 15) is 14.7 Å². The van der Waals surface area contributed by atoms with Crippen molar-refractivity contribution in [1.82, 2.24) is 10.2 Å². The van der Waals surface area contributed by atoms with Gasteiger partial charge >= 0.3 is 12.0 Å². The van der Waals surface area contributed by atoms with Crippen molar-refractivity contribution in [2.45, 2.75) is 25.1 Å². The third kappa shape index (κ3) is 3.49. The highest BCUT2D eigenvalue weighted by atomic mass is 79.9. The zero-order valence-corrected chi connectivity index (χ0v) is 12.2. The first-order chi connectivity index (χ1) is 9.47. The van der Waals surface area contributed by atoms with Crippen molar-refractivity contribution >= 4 is 27.9 Å². The van der Waals surface area contributed by atoms with E-state index >= 15 is 0 Å². The fourth-order valence-corrected chi connectivity index (χ4v) is 2.65. The zero-order chi connectivity index (χ0) is 14.7. The number of hydrogen-bond acceptors (Lipinski definition) is 3. The van der Waals surface area contributed by atoms with E-state index in [1.165, 1.54) is 0 Å². The van der Waals surface area contributed by atoms with Gasteiger partial charge in [0, 0.05) is 24.0 Å². The minimum atomic E-state index is -1.10. The van der Waals surface area contributed by atoms with E-state index in [1.54, 1.807) is 0 Å². The van der Waals surface area contributed by atoms with E-state index < -0.39 is 24.1 Å². The number of β-amino-alcohol motifs (C(OH)–C–C–N with tert-alkyl or cyclic N) is 1. The molecule has 7 heteroatoms. The number of carbonyl (C=O) groups excluding carboxylic acids is 1. The van der Waals surface area contributed by atoms with Gasteiger partial charge in [-0.25, -0.2) is 9.59 Å². The lowest BCUT2D eigenvalue weighted by molar-refractivity contribution is -0.141. The Morgan fingerprint density at radius 3 is 2.85 bits per heavy atom. The normalized spacial score (nSPS) is 21.8. The number of aliphatic hydroxyl groups is 1. The van der Waals surface area contributed by atoms with Crippen LogP contribution in [0.1, 0.15) is 12.0 Å². The van der Waals surface area contributed by atoms with Gasteiger partial charge in [0.25, 0.3) is 0 Å². The molecule has 2 rings (SSSR count). The first kappa shape index (κ1) is 14.8. The minimum absolute atomic E-state index is 0.0429. The predicted molar refractivity (Wildman–Crippen MR) is 75.1 cm³/mol. The monoisotopic (exact) mass is 342 g/mol. The number of rotatable bonds is 3. The molecule has 1 aliphatic rings. The Hall–Kier alpha value is -1.60. The standard InChI is InChI=1S/C13H15BrN2O4/c14-9-3-1-2-8(4-9)6-15-13(20)16-7-10(17)5-11(16)12(18)19/h1-4,10-11,17H,5-7H2,(H,15,20)(H,18,19)/t10-,11-/m0/s1. The summed E-state index contributed by atoms with van der Waals surface area (Å²) in [7, 11) is 0. The maximum absolute atomic E-state index is 12.0. The van der Waals surface area contributed by atoms with Gasteiger partial charge in [0.05, 0.1) is 6.10 Å². The third-order valence-corrected chi connectivity index (χ3v) is 3.65. The molecule has 0 saturated carbocycles. The van der Waals surface area contributed by atoms with E-state index in [0.29, 0.717) is 6.54 Å². The van der Waals surface area contributed by atoms with Crippen molar-refractivity contribution in [3.8, 4) is 0 Å². The molecular formula is C13H15BrN2O4. The number of aliphatic carboxylic acids is 1. The van der Waals surface area contributed by atoms with Crippen molar-refractivity contribution in [2.24, 2.45) is 0 Å². The van der Waals surface area contributed by atoms with Gasteiger partial charge in [0.1, 0.15) is 6.04 Å². The van der Waals surface area contributed by atoms with Crippen LogP contribution in [0.5, 0.6) is 0 Å². The van der Waals surface area contributed by atoms with Crippen LogP contribution in [0, 0.1) is 0 Å². The van der Waals surface area contributed by atoms with Crippen LogP contribution in [0.25, 0.3) is 0 Å². The number of nitrogens with zero attached hydrogens (tertiary/aromatic N) is 1. The van der Waals surface area contributed by atoms with Crippen LogP contribution >= 0.6 is 15.9 Å². The number of benzene rings is 1. The molecule has 2 amide bonds. The Kier molecular flexibility index (Phi) is 4.61. The van der Waals surface area contributed by atoms with Crippen LogP contribution in [0.4, 0.5) is 4.79 Å². The van der Waals surface area contributed by atoms with Gasteiger partial charge in [-0.05, 0) is 17.7 Å². The summed E-state index contributed by atoms with van der Waals surface area (Å²) in [6.45, 7) is 0.346. The maximum Gasteiger partial charge on any atom is 0.326 e. The van der Waals surface area contributed by atoms with E-state index in [1.807, 2.05) is 24.3 Å². The van der Waals surface area contributed by atoms with Gasteiger partial charge in [0.2, 0.25) is 0 Å². The Morgan fingerprint density at radius 1 is 1.45 bits per heavy atom. The van der Waals surface area contributed by atoms with Crippen LogP contribution in [-0.4, -0.2) is 45.8 Å². The summed E-state index contributed by atoms with van der Waals surface area (Å²) < 4.78 is 0.907. The van der Waals surface area contributed by atoms with E-state index in [0.717, 1.165) is 14.9 Å². The van der Waals surface area contributed by atoms with Crippen LogP contribution in [0.2, 0.25) is 0 Å². The quantitative estimate of drug-likeness (QED) is 0.769. The predicted octanol–water partition coefficient (Wildman–Crippen LogP) is 1.18. The molecule has 3 N–H and O–H groups in total. The van der Waals surface area contributed by atoms with E-state index in [2.05, 4.69) is 21.2 Å². The summed E-state index contributed by atoms with van der Waals surface area (Å²) in [4.78, 5) is 24.2. The molecule has 0 spiro atoms. The summed E-state index contributed by atoms with van der Waals surface area (Å²) in [5.41, 5.74) is 0.902. The summed E-state index contributed by atoms with van der Waals surface area (Å²) in [6.07, 6.45) is -0.715. The van der Waals surface area contributed by atoms with Crippen molar-refractivity contribution in [3.05, 3.63) is 34.3 Å². The molecule has 0 aliphatic carbocycles. The van der Waals surface area contributed by atoms with Crippen molar-refractivity contribution in [1.29, 1.82) is 0 Å². The van der Waals surface area contributed by atoms with E-state index in [-0.39, 0.29) is 13.0 Å². The lowest BCUT2D eigenvalue weighted by Gasteiger charge is -2.21. The summed E-state index contributed by atoms with van der Waals surface area (Å²) in [5, 5.41) is 21.2. The second-order valence-corrected chi connectivity index (χ2v) is 5.60. The molecule has 1 aliphatic heterocycles. The first-order valence-electron chi connectivity index (χ1n) is 6.17. The Labute approximate surface area is 124 Å². The topological polar surface area (TPSA) is 89.9 Å². The molecule has 108 valence electrons. The molecular weight excluding hydrogens is 328 g/mol. The van der Waals surface area contributed by atoms with Crippen LogP contribution in [-0.2, 0) is 11.3 Å². The molecule has 1 heterocycles. The number of carbonyl (C=O) groups is 2. The average molecular weight is 343 g/mol. The molecule has 0 unspecified atom stereocenters. The lowest BCUT2D eigenvalue weighted by atomic mass is 10.2. The molecule has 0 radical (unpaired) electrons. The highest BCUT2D eigenvalue weighted by Gasteiger charge is 2.38. The van der Waals surface area contributed by atoms with Gasteiger partial charge in [-0.3, -0.25) is 0 Å². The average Bonchev–Trinajstić information content (AvgIpc) is 2.78. The van der Waals surface area contributed by atoms with Crippen molar-refractivity contribution in [3.63, 3.8) is 0 Å². The fraction of sp³-hybridized carbons (Fsp3) is 0.385. The highest BCUT2D eigenvalue weighted by molar-refractivity contribution is 9.10. The Morgan fingerprint density at radius 2 is 2.20 bits per heavy atom. The molecule has 1 aromatic carbocycles. The maximum atomic E-state index is 12.0. The van der Waals surface area contributed by atoms with Crippen LogP contribution in [0.15, 0.2) is 28.7 Å². The van der Waals surface area contributed by atoms with Gasteiger partial charge in [-0.1, -0.05) is 28.1 Å². The summed E-state index contributed by atoms with van der Waals surface area (Å²) in [5.74, 6) is -1.10. The number of likely N-dealkylation sites (tertiary alicyclic amines) is 1. The second kappa shape index (κ2) is 6.23. The number of carboxylic acids is 1. The number of hydrogen-bond donors (Lipinski definition) is 3. The molecule has 1 fully saturated rings. The SMILES string of the molecule is O=C(O)[C@@H]1C[C@H](O)CN1C(=O)NCc1cccc(Br)c1. The van der Waals surface area contributed by atoms with Crippen LogP contribution < -0.4 is 5.32 Å². The van der Waals surface area contributed by atoms with Gasteiger partial charge < -0.3 is 20.4 Å². The van der Waals surface area contributed by atoms with Crippen molar-refractivity contribution in [2.75, 3.05) is 6.54 Å². The number of halogens is 1. The third-order valence-electron chi connectivity index (χ3n) is 3.16. The first-order valence-corrected chi connectivity index (χ1v) is 6.96. The van der Waals surface area contributed by atoms with Crippen molar-refractivity contribution < 1.29 is 19.8 Å². The molecule has 20 heavy (non-hydrogen) atoms. The summed E-state index contributed by atoms with van der Waals surface area (Å²) >= 11 is 3.34. The Balaban J connectivity index is 1.96. The molecule has 1 saturated heterocycles. The van der Waals surface area contributed by atoms with E-state index in [4.69, 9.17) is 5.11 Å². The van der Waals surface area contributed by atoms with Gasteiger partial charge in [0.15, 0.2) is 0 Å². The molecule has 0 aromatic heterocycles. The molecule has 0 bridgehead atoms. The molecule has 2 atom stereocenters. The Bertz CT molecular complexity index is 523. The van der Waals surface area contributed by atoms with Crippen LogP contribution in [0.3, 0.4) is 0 Å². The fourth-order valence-electron chi connectivity index (χ4n) is 2.20. The lowest BCUT2D eigenvalue weighted by Crippen LogP contribution is -2.45. The largest absolute Gasteiger partial charge is 0.480 e. The number of nitrogens with one attached hydrogen (secondary N) is 1. The zero-order valence-electron chi connectivity index (χ0n) is 10.6. The number of amides is 2. The highest BCUT2D eigenvalue weighted by Crippen LogP contribution is 2.18. The minimum Gasteiger partial charge on any atom is -0.480 e. The number of carboxylic acid groups (broad SMARTS) is 1. The number of urea groups is 1. The summed E-state index contributed by atoms with van der Waals surface area (Å²) in [6, 6.07) is 6.02. The number of aliphatic hydroxyl groups excluding tert-OH is 1. The molecule has 1 aromatic rings. The second-order valence-electron chi connectivity index (χ2n) is 4.68. The van der Waals surface area contributed by atoms with Gasteiger partial charge in [-0.15, -0.1) is 0 Å². The molecule has 6 nitrogen and oxygen atoms in total.